The monoisotopic (exact) mass is 507 g/mol. The van der Waals surface area contributed by atoms with Crippen molar-refractivity contribution in [1.82, 2.24) is 14.9 Å². The number of nitrogens with zero attached hydrogens (tertiary/aromatic N) is 2. The Balaban J connectivity index is 1.98. The average Bonchev–Trinajstić information content (AvgIpc) is 3.21. The quantitative estimate of drug-likeness (QED) is 0.443. The summed E-state index contributed by atoms with van der Waals surface area (Å²) in [6.07, 6.45) is 2.95. The summed E-state index contributed by atoms with van der Waals surface area (Å²) in [5, 5.41) is 23.4. The fourth-order valence-electron chi connectivity index (χ4n) is 3.69. The lowest BCUT2D eigenvalue weighted by molar-refractivity contribution is -0.146. The number of pyridine rings is 1. The van der Waals surface area contributed by atoms with Gasteiger partial charge in [0.15, 0.2) is 17.2 Å². The second-order valence-corrected chi connectivity index (χ2v) is 8.57. The molecule has 10 heteroatoms. The molecule has 0 saturated carbocycles. The number of carboxylic acid groups (broad SMARTS) is 1. The zero-order valence-corrected chi connectivity index (χ0v) is 19.5. The number of methoxy groups -OCH3 is 1. The lowest BCUT2D eigenvalue weighted by Gasteiger charge is -2.37. The minimum Gasteiger partial charge on any atom is -0.503 e. The zero-order valence-electron chi connectivity index (χ0n) is 17.9. The lowest BCUT2D eigenvalue weighted by atomic mass is 9.81. The third-order valence-electron chi connectivity index (χ3n) is 5.99. The van der Waals surface area contributed by atoms with Crippen LogP contribution in [-0.4, -0.2) is 44.3 Å². The van der Waals surface area contributed by atoms with Crippen LogP contribution in [0, 0.1) is 11.7 Å². The molecular formula is C22H23BrFN3O5. The number of aromatic hydroxyl groups is 1. The molecule has 3 aromatic rings. The van der Waals surface area contributed by atoms with E-state index in [9.17, 15) is 24.2 Å². The number of carboxylic acids is 1. The molecule has 2 unspecified atom stereocenters. The number of nitrogens with one attached hydrogen (secondary N) is 1. The lowest BCUT2D eigenvalue weighted by Crippen LogP contribution is -2.58. The molecule has 1 amide bonds. The Bertz CT molecular complexity index is 1200. The topological polar surface area (TPSA) is 114 Å². The molecule has 2 aromatic heterocycles. The molecule has 8 nitrogen and oxygen atoms in total. The summed E-state index contributed by atoms with van der Waals surface area (Å²) in [6.45, 7) is 4.77. The van der Waals surface area contributed by atoms with Crippen LogP contribution in [0.4, 0.5) is 4.39 Å². The number of carbonyl (C=O) groups is 2. The van der Waals surface area contributed by atoms with Crippen molar-refractivity contribution in [2.75, 3.05) is 7.11 Å². The van der Waals surface area contributed by atoms with Gasteiger partial charge in [0.2, 0.25) is 0 Å². The van der Waals surface area contributed by atoms with Crippen LogP contribution in [0.15, 0.2) is 41.1 Å². The van der Waals surface area contributed by atoms with Gasteiger partial charge in [-0.05, 0) is 32.0 Å². The average molecular weight is 508 g/mol. The summed E-state index contributed by atoms with van der Waals surface area (Å²) in [4.78, 5) is 29.0. The fraction of sp³-hybridized carbons (Fsp3) is 0.318. The largest absolute Gasteiger partial charge is 0.503 e. The number of aliphatic carboxylic acids is 1. The van der Waals surface area contributed by atoms with E-state index in [1.54, 1.807) is 36.7 Å². The van der Waals surface area contributed by atoms with Crippen molar-refractivity contribution in [3.05, 3.63) is 52.6 Å². The van der Waals surface area contributed by atoms with Crippen LogP contribution in [-0.2, 0) is 4.79 Å². The van der Waals surface area contributed by atoms with Crippen LogP contribution in [0.1, 0.15) is 37.3 Å². The molecule has 0 spiro atoms. The standard InChI is InChI=1S/C22H23BrFN3O5/c1-11(12(2)27-10-8-13-14(23)5-6-15(24)18(13)27)22(3,21(30)31)26-20(29)17-19(28)16(32-4)7-9-25-17/h5-12,28H,1-4H3,(H,26,29)(H,30,31)/t11?,12?,22-/m0/s1. The molecule has 0 bridgehead atoms. The summed E-state index contributed by atoms with van der Waals surface area (Å²) in [5.74, 6) is -3.78. The molecule has 3 N–H and O–H groups in total. The highest BCUT2D eigenvalue weighted by Crippen LogP contribution is 2.35. The van der Waals surface area contributed by atoms with Crippen molar-refractivity contribution in [2.45, 2.75) is 32.4 Å². The Hall–Kier alpha value is -3.14. The van der Waals surface area contributed by atoms with Crippen molar-refractivity contribution in [2.24, 2.45) is 5.92 Å². The molecule has 0 fully saturated rings. The maximum atomic E-state index is 14.6. The summed E-state index contributed by atoms with van der Waals surface area (Å²) >= 11 is 3.40. The number of halogens is 2. The van der Waals surface area contributed by atoms with E-state index >= 15 is 0 Å². The number of amides is 1. The Kier molecular flexibility index (Phi) is 6.45. The predicted octanol–water partition coefficient (Wildman–Crippen LogP) is 4.12. The van der Waals surface area contributed by atoms with Gasteiger partial charge in [-0.1, -0.05) is 22.9 Å². The molecule has 170 valence electrons. The molecular weight excluding hydrogens is 485 g/mol. The fourth-order valence-corrected chi connectivity index (χ4v) is 4.15. The van der Waals surface area contributed by atoms with Gasteiger partial charge in [0.05, 0.1) is 12.6 Å². The second-order valence-electron chi connectivity index (χ2n) is 7.72. The number of benzene rings is 1. The van der Waals surface area contributed by atoms with Crippen LogP contribution in [0.25, 0.3) is 10.9 Å². The Morgan fingerprint density at radius 1 is 1.28 bits per heavy atom. The van der Waals surface area contributed by atoms with Crippen LogP contribution in [0.2, 0.25) is 0 Å². The Morgan fingerprint density at radius 2 is 1.97 bits per heavy atom. The van der Waals surface area contributed by atoms with E-state index in [0.29, 0.717) is 15.4 Å². The van der Waals surface area contributed by atoms with Gasteiger partial charge >= 0.3 is 5.97 Å². The van der Waals surface area contributed by atoms with E-state index < -0.39 is 40.9 Å². The molecule has 32 heavy (non-hydrogen) atoms. The molecule has 0 saturated heterocycles. The molecule has 0 aliphatic rings. The highest BCUT2D eigenvalue weighted by atomic mass is 79.9. The van der Waals surface area contributed by atoms with E-state index in [0.717, 1.165) is 0 Å². The van der Waals surface area contributed by atoms with Crippen LogP contribution >= 0.6 is 15.9 Å². The third kappa shape index (κ3) is 3.90. The minimum absolute atomic E-state index is 0.0310. The van der Waals surface area contributed by atoms with Gasteiger partial charge in [0.25, 0.3) is 5.91 Å². The Morgan fingerprint density at radius 3 is 2.59 bits per heavy atom. The van der Waals surface area contributed by atoms with E-state index in [1.807, 2.05) is 0 Å². The van der Waals surface area contributed by atoms with Crippen molar-refractivity contribution < 1.29 is 28.9 Å². The molecule has 3 rings (SSSR count). The molecule has 3 atom stereocenters. The van der Waals surface area contributed by atoms with E-state index in [4.69, 9.17) is 4.74 Å². The van der Waals surface area contributed by atoms with Crippen molar-refractivity contribution in [1.29, 1.82) is 0 Å². The van der Waals surface area contributed by atoms with E-state index in [1.165, 1.54) is 32.4 Å². The van der Waals surface area contributed by atoms with Crippen molar-refractivity contribution >= 4 is 38.7 Å². The second kappa shape index (κ2) is 8.78. The molecule has 1 aromatic carbocycles. The van der Waals surface area contributed by atoms with Gasteiger partial charge in [-0.25, -0.2) is 14.2 Å². The maximum Gasteiger partial charge on any atom is 0.329 e. The summed E-state index contributed by atoms with van der Waals surface area (Å²) in [6, 6.07) is 5.52. The Labute approximate surface area is 192 Å². The minimum atomic E-state index is -1.77. The van der Waals surface area contributed by atoms with Crippen molar-refractivity contribution in [3.8, 4) is 11.5 Å². The van der Waals surface area contributed by atoms with Gasteiger partial charge in [-0.2, -0.15) is 0 Å². The zero-order chi connectivity index (χ0) is 23.8. The number of ether oxygens (including phenoxy) is 1. The van der Waals surface area contributed by atoms with Gasteiger partial charge in [-0.15, -0.1) is 0 Å². The van der Waals surface area contributed by atoms with Gasteiger partial charge in [-0.3, -0.25) is 4.79 Å². The molecule has 0 aliphatic heterocycles. The first-order valence-electron chi connectivity index (χ1n) is 9.75. The number of aromatic nitrogens is 2. The van der Waals surface area contributed by atoms with Gasteiger partial charge in [0, 0.05) is 40.3 Å². The summed E-state index contributed by atoms with van der Waals surface area (Å²) in [5.41, 5.74) is -1.81. The van der Waals surface area contributed by atoms with Crippen molar-refractivity contribution in [3.63, 3.8) is 0 Å². The van der Waals surface area contributed by atoms with Gasteiger partial charge < -0.3 is 24.8 Å². The number of hydrogen-bond acceptors (Lipinski definition) is 5. The highest BCUT2D eigenvalue weighted by molar-refractivity contribution is 9.10. The third-order valence-corrected chi connectivity index (χ3v) is 6.68. The van der Waals surface area contributed by atoms with Crippen LogP contribution in [0.5, 0.6) is 11.5 Å². The number of rotatable bonds is 7. The summed E-state index contributed by atoms with van der Waals surface area (Å²) < 4.78 is 21.9. The maximum absolute atomic E-state index is 14.6. The molecule has 2 heterocycles. The SMILES string of the molecule is COc1ccnc(C(=O)N[C@](C)(C(=O)O)C(C)C(C)n2ccc3c(Br)ccc(F)c32)c1O. The first-order chi connectivity index (χ1) is 15.0. The predicted molar refractivity (Wildman–Crippen MR) is 119 cm³/mol. The molecule has 0 radical (unpaired) electrons. The van der Waals surface area contributed by atoms with E-state index in [2.05, 4.69) is 26.2 Å². The first-order valence-corrected chi connectivity index (χ1v) is 10.5. The summed E-state index contributed by atoms with van der Waals surface area (Å²) in [7, 11) is 1.32. The first kappa shape index (κ1) is 23.5. The molecule has 0 aliphatic carbocycles. The number of hydrogen-bond donors (Lipinski definition) is 3. The van der Waals surface area contributed by atoms with Crippen LogP contribution in [0.3, 0.4) is 0 Å². The van der Waals surface area contributed by atoms with Gasteiger partial charge in [0.1, 0.15) is 11.4 Å². The van der Waals surface area contributed by atoms with E-state index in [-0.39, 0.29) is 11.4 Å². The van der Waals surface area contributed by atoms with Crippen LogP contribution < -0.4 is 10.1 Å². The normalized spacial score (nSPS) is 15.1. The smallest absolute Gasteiger partial charge is 0.329 e. The number of carbonyl (C=O) groups excluding carboxylic acids is 1. The highest BCUT2D eigenvalue weighted by Gasteiger charge is 2.44. The number of fused-ring (bicyclic) bond motifs is 1.